The van der Waals surface area contributed by atoms with E-state index >= 15 is 0 Å². The standard InChI is InChI=1S/C18H17BrN2O4S/c1-2-24-7-3-4-10-11(5-7)26-18(20-10)21-16(22)12-8-6-9-13(12)17(23)25-15(9)14(8)19/h3-5,8-9,12-15H,2,6H2,1H3,(H,20,21,22)/t8-,9-,12+,13+,14-,15+/m1/s1. The number of carbonyl (C=O) groups excluding carboxylic acids is 2. The van der Waals surface area contributed by atoms with E-state index in [-0.39, 0.29) is 46.5 Å². The van der Waals surface area contributed by atoms with Crippen molar-refractivity contribution in [3.05, 3.63) is 18.2 Å². The first-order valence-corrected chi connectivity index (χ1v) is 10.5. The summed E-state index contributed by atoms with van der Waals surface area (Å²) >= 11 is 5.05. The summed E-state index contributed by atoms with van der Waals surface area (Å²) < 4.78 is 11.9. The molecular formula is C18H17BrN2O4S. The summed E-state index contributed by atoms with van der Waals surface area (Å²) in [6.45, 7) is 2.54. The van der Waals surface area contributed by atoms with Crippen molar-refractivity contribution in [1.29, 1.82) is 0 Å². The van der Waals surface area contributed by atoms with Gasteiger partial charge in [-0.15, -0.1) is 0 Å². The van der Waals surface area contributed by atoms with Gasteiger partial charge in [0.25, 0.3) is 0 Å². The zero-order valence-corrected chi connectivity index (χ0v) is 16.4. The van der Waals surface area contributed by atoms with Crippen LogP contribution in [0.1, 0.15) is 13.3 Å². The van der Waals surface area contributed by atoms with Crippen LogP contribution in [0.5, 0.6) is 5.75 Å². The summed E-state index contributed by atoms with van der Waals surface area (Å²) in [4.78, 5) is 29.7. The Morgan fingerprint density at radius 2 is 2.31 bits per heavy atom. The highest BCUT2D eigenvalue weighted by Crippen LogP contribution is 2.60. The summed E-state index contributed by atoms with van der Waals surface area (Å²) in [7, 11) is 0. The normalized spacial score (nSPS) is 34.3. The van der Waals surface area contributed by atoms with Crippen molar-refractivity contribution in [3.63, 3.8) is 0 Å². The van der Waals surface area contributed by atoms with E-state index in [9.17, 15) is 9.59 Å². The van der Waals surface area contributed by atoms with Crippen LogP contribution >= 0.6 is 27.3 Å². The second-order valence-electron chi connectivity index (χ2n) is 7.03. The van der Waals surface area contributed by atoms with Crippen molar-refractivity contribution >= 4 is 54.5 Å². The average molecular weight is 437 g/mol. The second-order valence-corrected chi connectivity index (χ2v) is 9.12. The Morgan fingerprint density at radius 3 is 3.12 bits per heavy atom. The van der Waals surface area contributed by atoms with Crippen molar-refractivity contribution in [2.45, 2.75) is 24.3 Å². The third-order valence-electron chi connectivity index (χ3n) is 5.73. The van der Waals surface area contributed by atoms with E-state index in [0.717, 1.165) is 22.4 Å². The van der Waals surface area contributed by atoms with Gasteiger partial charge in [-0.25, -0.2) is 4.98 Å². The number of esters is 1. The molecular weight excluding hydrogens is 420 g/mol. The van der Waals surface area contributed by atoms with E-state index in [1.54, 1.807) is 0 Å². The smallest absolute Gasteiger partial charge is 0.310 e. The Morgan fingerprint density at radius 1 is 1.46 bits per heavy atom. The molecule has 1 saturated heterocycles. The van der Waals surface area contributed by atoms with Crippen LogP contribution in [0.15, 0.2) is 18.2 Å². The number of nitrogens with zero attached hydrogens (tertiary/aromatic N) is 1. The summed E-state index contributed by atoms with van der Waals surface area (Å²) in [5, 5.41) is 3.48. The van der Waals surface area contributed by atoms with Gasteiger partial charge in [0.1, 0.15) is 11.9 Å². The van der Waals surface area contributed by atoms with Gasteiger partial charge in [-0.3, -0.25) is 9.59 Å². The van der Waals surface area contributed by atoms with Gasteiger partial charge >= 0.3 is 5.97 Å². The molecule has 1 aromatic heterocycles. The highest BCUT2D eigenvalue weighted by Gasteiger charge is 2.67. The van der Waals surface area contributed by atoms with Crippen LogP contribution in [-0.2, 0) is 14.3 Å². The summed E-state index contributed by atoms with van der Waals surface area (Å²) in [5.41, 5.74) is 0.820. The number of hydrogen-bond acceptors (Lipinski definition) is 6. The molecule has 1 aromatic carbocycles. The fourth-order valence-corrected chi connectivity index (χ4v) is 6.68. The molecule has 1 aliphatic heterocycles. The van der Waals surface area contributed by atoms with Crippen molar-refractivity contribution in [2.75, 3.05) is 11.9 Å². The lowest BCUT2D eigenvalue weighted by Gasteiger charge is -2.27. The highest BCUT2D eigenvalue weighted by molar-refractivity contribution is 9.09. The predicted octanol–water partition coefficient (Wildman–Crippen LogP) is 3.20. The van der Waals surface area contributed by atoms with Gasteiger partial charge in [0.2, 0.25) is 5.91 Å². The van der Waals surface area contributed by atoms with Gasteiger partial charge < -0.3 is 14.8 Å². The molecule has 6 atom stereocenters. The van der Waals surface area contributed by atoms with Crippen molar-refractivity contribution < 1.29 is 19.1 Å². The molecule has 26 heavy (non-hydrogen) atoms. The number of ether oxygens (including phenoxy) is 2. The average Bonchev–Trinajstić information content (AvgIpc) is 3.31. The molecule has 1 amide bonds. The number of aromatic nitrogens is 1. The van der Waals surface area contributed by atoms with Crippen LogP contribution in [0.4, 0.5) is 5.13 Å². The fraction of sp³-hybridized carbons (Fsp3) is 0.500. The lowest BCUT2D eigenvalue weighted by atomic mass is 9.79. The van der Waals surface area contributed by atoms with Gasteiger partial charge in [0.15, 0.2) is 5.13 Å². The largest absolute Gasteiger partial charge is 0.494 e. The number of nitrogens with one attached hydrogen (secondary N) is 1. The molecule has 6 nitrogen and oxygen atoms in total. The maximum atomic E-state index is 12.9. The first kappa shape index (κ1) is 16.5. The van der Waals surface area contributed by atoms with E-state index < -0.39 is 0 Å². The molecule has 2 aromatic rings. The topological polar surface area (TPSA) is 77.5 Å². The van der Waals surface area contributed by atoms with Crippen molar-refractivity contribution in [2.24, 2.45) is 23.7 Å². The lowest BCUT2D eigenvalue weighted by molar-refractivity contribution is -0.145. The molecule has 3 fully saturated rings. The number of amides is 1. The number of thiazole rings is 1. The fourth-order valence-electron chi connectivity index (χ4n) is 4.73. The maximum Gasteiger partial charge on any atom is 0.310 e. The van der Waals surface area contributed by atoms with Crippen LogP contribution in [0.25, 0.3) is 10.2 Å². The van der Waals surface area contributed by atoms with Crippen LogP contribution in [0.3, 0.4) is 0 Å². The number of benzene rings is 1. The van der Waals surface area contributed by atoms with Gasteiger partial charge in [0, 0.05) is 5.92 Å². The van der Waals surface area contributed by atoms with E-state index in [1.165, 1.54) is 11.3 Å². The molecule has 2 saturated carbocycles. The summed E-state index contributed by atoms with van der Waals surface area (Å²) in [6, 6.07) is 5.69. The Hall–Kier alpha value is -1.67. The molecule has 0 spiro atoms. The number of rotatable bonds is 4. The third kappa shape index (κ3) is 2.31. The molecule has 1 N–H and O–H groups in total. The molecule has 0 unspecified atom stereocenters. The number of alkyl halides is 1. The zero-order chi connectivity index (χ0) is 18.0. The van der Waals surface area contributed by atoms with Gasteiger partial charge in [-0.1, -0.05) is 27.3 Å². The first-order chi connectivity index (χ1) is 12.6. The monoisotopic (exact) mass is 436 g/mol. The maximum absolute atomic E-state index is 12.9. The zero-order valence-electron chi connectivity index (χ0n) is 14.0. The second kappa shape index (κ2) is 5.92. The summed E-state index contributed by atoms with van der Waals surface area (Å²) in [6.07, 6.45) is 0.799. The minimum Gasteiger partial charge on any atom is -0.494 e. The van der Waals surface area contributed by atoms with Crippen molar-refractivity contribution in [1.82, 2.24) is 4.98 Å². The number of fused-ring (bicyclic) bond motifs is 2. The van der Waals surface area contributed by atoms with E-state index in [1.807, 2.05) is 25.1 Å². The number of halogens is 1. The molecule has 8 heteroatoms. The molecule has 2 heterocycles. The first-order valence-electron chi connectivity index (χ1n) is 8.75. The summed E-state index contributed by atoms with van der Waals surface area (Å²) in [5.74, 6) is 0.0802. The molecule has 3 aliphatic rings. The van der Waals surface area contributed by atoms with E-state index in [2.05, 4.69) is 26.2 Å². The highest BCUT2D eigenvalue weighted by atomic mass is 79.9. The molecule has 5 rings (SSSR count). The molecule has 136 valence electrons. The Balaban J connectivity index is 1.39. The third-order valence-corrected chi connectivity index (χ3v) is 7.86. The molecule has 2 aliphatic carbocycles. The Labute approximate surface area is 162 Å². The number of anilines is 1. The minimum atomic E-state index is -0.346. The molecule has 0 radical (unpaired) electrons. The lowest BCUT2D eigenvalue weighted by Crippen LogP contribution is -2.40. The van der Waals surface area contributed by atoms with Crippen LogP contribution < -0.4 is 10.1 Å². The quantitative estimate of drug-likeness (QED) is 0.587. The minimum absolute atomic E-state index is 0.0649. The van der Waals surface area contributed by atoms with Crippen molar-refractivity contribution in [3.8, 4) is 5.75 Å². The Bertz CT molecular complexity index is 916. The molecule has 2 bridgehead atoms. The van der Waals surface area contributed by atoms with Gasteiger partial charge in [-0.05, 0) is 37.5 Å². The SMILES string of the molecule is CCOc1ccc2nc(NC(=O)[C@H]3[C@H]4C[C@H]5[C@H](OC(=O)[C@@H]53)[C@@H]4Br)sc2c1. The Kier molecular flexibility index (Phi) is 3.76. The van der Waals surface area contributed by atoms with Crippen LogP contribution in [0, 0.1) is 23.7 Å². The van der Waals surface area contributed by atoms with Crippen LogP contribution in [0.2, 0.25) is 0 Å². The van der Waals surface area contributed by atoms with Crippen LogP contribution in [-0.4, -0.2) is 34.4 Å². The predicted molar refractivity (Wildman–Crippen MR) is 101 cm³/mol. The van der Waals surface area contributed by atoms with Gasteiger partial charge in [-0.2, -0.15) is 0 Å². The van der Waals surface area contributed by atoms with E-state index in [0.29, 0.717) is 11.7 Å². The number of hydrogen-bond donors (Lipinski definition) is 1. The van der Waals surface area contributed by atoms with Gasteiger partial charge in [0.05, 0.1) is 33.5 Å². The number of carbonyl (C=O) groups is 2. The van der Waals surface area contributed by atoms with E-state index in [4.69, 9.17) is 9.47 Å².